The minimum atomic E-state index is -0.915. The summed E-state index contributed by atoms with van der Waals surface area (Å²) < 4.78 is 1.43. The lowest BCUT2D eigenvalue weighted by molar-refractivity contribution is -0.132. The minimum Gasteiger partial charge on any atom is -0.280 e. The van der Waals surface area contributed by atoms with Crippen molar-refractivity contribution in [3.63, 3.8) is 0 Å². The van der Waals surface area contributed by atoms with Gasteiger partial charge in [-0.1, -0.05) is 11.6 Å². The zero-order valence-corrected chi connectivity index (χ0v) is 15.1. The van der Waals surface area contributed by atoms with E-state index >= 15 is 0 Å². The number of rotatable bonds is 4. The van der Waals surface area contributed by atoms with Gasteiger partial charge in [0.2, 0.25) is 5.91 Å². The van der Waals surface area contributed by atoms with E-state index in [1.54, 1.807) is 24.3 Å². The number of hydrogen-bond acceptors (Lipinski definition) is 7. The molecule has 0 aliphatic carbocycles. The van der Waals surface area contributed by atoms with Gasteiger partial charge >= 0.3 is 0 Å². The maximum absolute atomic E-state index is 12.7. The number of amides is 3. The molecule has 2 aromatic heterocycles. The van der Waals surface area contributed by atoms with Gasteiger partial charge in [0.1, 0.15) is 12.4 Å². The molecule has 3 heterocycles. The molecule has 0 radical (unpaired) electrons. The van der Waals surface area contributed by atoms with E-state index in [0.717, 1.165) is 4.90 Å². The van der Waals surface area contributed by atoms with E-state index in [-0.39, 0.29) is 18.4 Å². The van der Waals surface area contributed by atoms with Crippen LogP contribution in [0.1, 0.15) is 23.2 Å². The van der Waals surface area contributed by atoms with Crippen LogP contribution in [0.2, 0.25) is 5.02 Å². The maximum Gasteiger partial charge on any atom is 0.261 e. The van der Waals surface area contributed by atoms with Crippen LogP contribution in [-0.2, 0) is 9.59 Å². The van der Waals surface area contributed by atoms with Gasteiger partial charge in [0.25, 0.3) is 11.8 Å². The Morgan fingerprint density at radius 1 is 1.14 bits per heavy atom. The highest BCUT2D eigenvalue weighted by Crippen LogP contribution is 2.22. The molecule has 142 valence electrons. The number of imide groups is 1. The van der Waals surface area contributed by atoms with Gasteiger partial charge < -0.3 is 0 Å². The molecule has 1 atom stereocenters. The number of carbonyl (C=O) groups excluding carboxylic acids is 3. The average Bonchev–Trinajstić information content (AvgIpc) is 3.32. The molecule has 0 bridgehead atoms. The molecule has 0 spiro atoms. The van der Waals surface area contributed by atoms with Gasteiger partial charge in [-0.2, -0.15) is 4.52 Å². The molecular weight excluding hydrogens is 386 g/mol. The largest absolute Gasteiger partial charge is 0.280 e. The van der Waals surface area contributed by atoms with Gasteiger partial charge in [0.05, 0.1) is 0 Å². The van der Waals surface area contributed by atoms with Crippen molar-refractivity contribution in [1.82, 2.24) is 30.1 Å². The predicted molar refractivity (Wildman–Crippen MR) is 98.2 cm³/mol. The Balaban J connectivity index is 1.46. The molecule has 1 aliphatic heterocycles. The Morgan fingerprint density at radius 3 is 2.71 bits per heavy atom. The van der Waals surface area contributed by atoms with Crippen LogP contribution in [0.5, 0.6) is 0 Å². The van der Waals surface area contributed by atoms with Crippen molar-refractivity contribution in [3.8, 4) is 0 Å². The molecule has 1 saturated heterocycles. The van der Waals surface area contributed by atoms with Crippen LogP contribution in [0, 0.1) is 0 Å². The molecule has 28 heavy (non-hydrogen) atoms. The normalized spacial score (nSPS) is 16.4. The number of nitrogens with one attached hydrogen (secondary N) is 2. The van der Waals surface area contributed by atoms with Crippen molar-refractivity contribution in [3.05, 3.63) is 53.3 Å². The first-order chi connectivity index (χ1) is 13.5. The zero-order valence-electron chi connectivity index (χ0n) is 14.4. The Labute approximate surface area is 163 Å². The van der Waals surface area contributed by atoms with Crippen molar-refractivity contribution in [1.29, 1.82) is 0 Å². The fourth-order valence-corrected chi connectivity index (χ4v) is 3.05. The summed E-state index contributed by atoms with van der Waals surface area (Å²) in [5.41, 5.74) is 6.00. The monoisotopic (exact) mass is 399 g/mol. The van der Waals surface area contributed by atoms with Gasteiger partial charge in [0, 0.05) is 17.0 Å². The lowest BCUT2D eigenvalue weighted by Crippen LogP contribution is -2.49. The fourth-order valence-electron chi connectivity index (χ4n) is 2.92. The topological polar surface area (TPSA) is 122 Å². The number of benzene rings is 1. The van der Waals surface area contributed by atoms with Crippen LogP contribution in [0.25, 0.3) is 5.65 Å². The first-order valence-electron chi connectivity index (χ1n) is 8.38. The molecule has 1 fully saturated rings. The second-order valence-electron chi connectivity index (χ2n) is 6.10. The number of hydrogen-bond donors (Lipinski definition) is 2. The summed E-state index contributed by atoms with van der Waals surface area (Å²) in [4.78, 5) is 38.5. The fraction of sp³-hybridized carbons (Fsp3) is 0.176. The average molecular weight is 400 g/mol. The van der Waals surface area contributed by atoms with Crippen LogP contribution in [0.15, 0.2) is 42.7 Å². The molecule has 11 heteroatoms. The predicted octanol–water partition coefficient (Wildman–Crippen LogP) is 1.05. The Kier molecular flexibility index (Phi) is 4.62. The molecule has 0 saturated carbocycles. The van der Waals surface area contributed by atoms with Crippen LogP contribution in [-0.4, -0.2) is 48.5 Å². The number of fused-ring (bicyclic) bond motifs is 1. The number of nitrogens with zero attached hydrogens (tertiary/aromatic N) is 5. The quantitative estimate of drug-likeness (QED) is 0.496. The van der Waals surface area contributed by atoms with Crippen LogP contribution in [0.4, 0.5) is 5.82 Å². The van der Waals surface area contributed by atoms with Crippen molar-refractivity contribution in [2.75, 3.05) is 5.43 Å². The standard InChI is InChI=1S/C17H14ClN7O3/c18-11-3-1-10(2-4-11)17(28)25-12(5-8-15(25)26)16(27)22-20-13-6-7-14-21-19-9-24(14)23-13/h1-4,6-7,9,12H,5,8H2,(H,20,23)(H,22,27). The molecule has 3 aromatic rings. The summed E-state index contributed by atoms with van der Waals surface area (Å²) in [6.07, 6.45) is 1.77. The highest BCUT2D eigenvalue weighted by molar-refractivity contribution is 6.30. The number of halogens is 1. The smallest absolute Gasteiger partial charge is 0.261 e. The molecule has 4 rings (SSSR count). The molecule has 2 N–H and O–H groups in total. The summed E-state index contributed by atoms with van der Waals surface area (Å²) in [6.45, 7) is 0. The van der Waals surface area contributed by atoms with Gasteiger partial charge in [-0.25, -0.2) is 0 Å². The Morgan fingerprint density at radius 2 is 1.93 bits per heavy atom. The van der Waals surface area contributed by atoms with Crippen molar-refractivity contribution >= 4 is 40.8 Å². The Hall–Kier alpha value is -3.53. The van der Waals surface area contributed by atoms with Gasteiger partial charge in [-0.3, -0.25) is 30.1 Å². The summed E-state index contributed by atoms with van der Waals surface area (Å²) in [6, 6.07) is 8.51. The molecule has 1 unspecified atom stereocenters. The van der Waals surface area contributed by atoms with Crippen molar-refractivity contribution in [2.45, 2.75) is 18.9 Å². The molecular formula is C17H14ClN7O3. The number of aromatic nitrogens is 4. The third kappa shape index (κ3) is 3.37. The van der Waals surface area contributed by atoms with Crippen molar-refractivity contribution < 1.29 is 14.4 Å². The second kappa shape index (κ2) is 7.24. The highest BCUT2D eigenvalue weighted by atomic mass is 35.5. The first-order valence-corrected chi connectivity index (χ1v) is 8.75. The van der Waals surface area contributed by atoms with Crippen LogP contribution < -0.4 is 10.9 Å². The molecule has 10 nitrogen and oxygen atoms in total. The molecule has 1 aromatic carbocycles. The van der Waals surface area contributed by atoms with E-state index in [4.69, 9.17) is 11.6 Å². The summed E-state index contributed by atoms with van der Waals surface area (Å²) in [5.74, 6) is -1.10. The molecule has 1 aliphatic rings. The number of hydrazine groups is 1. The van der Waals surface area contributed by atoms with E-state index in [2.05, 4.69) is 26.1 Å². The number of anilines is 1. The Bertz CT molecular complexity index is 1070. The summed E-state index contributed by atoms with van der Waals surface area (Å²) in [7, 11) is 0. The van der Waals surface area contributed by atoms with E-state index in [0.29, 0.717) is 16.5 Å². The van der Waals surface area contributed by atoms with Crippen LogP contribution in [0.3, 0.4) is 0 Å². The van der Waals surface area contributed by atoms with E-state index in [1.807, 2.05) is 0 Å². The maximum atomic E-state index is 12.7. The second-order valence-corrected chi connectivity index (χ2v) is 6.53. The zero-order chi connectivity index (χ0) is 19.7. The summed E-state index contributed by atoms with van der Waals surface area (Å²) in [5, 5.41) is 12.2. The van der Waals surface area contributed by atoms with E-state index in [1.165, 1.54) is 23.0 Å². The molecule has 3 amide bonds. The van der Waals surface area contributed by atoms with Crippen LogP contribution >= 0.6 is 11.6 Å². The third-order valence-electron chi connectivity index (χ3n) is 4.30. The van der Waals surface area contributed by atoms with E-state index in [9.17, 15) is 14.4 Å². The lowest BCUT2D eigenvalue weighted by Gasteiger charge is -2.22. The highest BCUT2D eigenvalue weighted by Gasteiger charge is 2.40. The first kappa shape index (κ1) is 17.9. The lowest BCUT2D eigenvalue weighted by atomic mass is 10.1. The minimum absolute atomic E-state index is 0.113. The van der Waals surface area contributed by atoms with Gasteiger partial charge in [-0.15, -0.1) is 15.3 Å². The summed E-state index contributed by atoms with van der Waals surface area (Å²) >= 11 is 5.83. The van der Waals surface area contributed by atoms with Crippen molar-refractivity contribution in [2.24, 2.45) is 0 Å². The number of likely N-dealkylation sites (tertiary alicyclic amines) is 1. The number of carbonyl (C=O) groups is 3. The third-order valence-corrected chi connectivity index (χ3v) is 4.55. The van der Waals surface area contributed by atoms with E-state index < -0.39 is 23.8 Å². The van der Waals surface area contributed by atoms with Gasteiger partial charge in [0.15, 0.2) is 11.5 Å². The SMILES string of the molecule is O=C(NNc1ccc2nncn2n1)C1CCC(=O)N1C(=O)c1ccc(Cl)cc1. The van der Waals surface area contributed by atoms with Gasteiger partial charge in [-0.05, 0) is 42.8 Å².